The van der Waals surface area contributed by atoms with Gasteiger partial charge in [0, 0.05) is 12.7 Å². The van der Waals surface area contributed by atoms with Crippen molar-refractivity contribution in [1.82, 2.24) is 4.90 Å². The van der Waals surface area contributed by atoms with Crippen LogP contribution in [0.25, 0.3) is 0 Å². The average Bonchev–Trinajstić information content (AvgIpc) is 2.53. The van der Waals surface area contributed by atoms with E-state index in [1.165, 1.54) is 11.9 Å². The van der Waals surface area contributed by atoms with E-state index < -0.39 is 5.91 Å². The molecular formula is C20H23BrN2O3. The van der Waals surface area contributed by atoms with Crippen molar-refractivity contribution in [2.45, 2.75) is 27.7 Å². The first-order valence-corrected chi connectivity index (χ1v) is 9.01. The van der Waals surface area contributed by atoms with Crippen molar-refractivity contribution in [2.24, 2.45) is 0 Å². The molecule has 0 aliphatic rings. The average molecular weight is 419 g/mol. The number of halogens is 1. The molecule has 2 aromatic carbocycles. The van der Waals surface area contributed by atoms with Gasteiger partial charge in [-0.25, -0.2) is 0 Å². The molecule has 0 aromatic heterocycles. The van der Waals surface area contributed by atoms with Crippen LogP contribution < -0.4 is 5.32 Å². The number of benzene rings is 2. The van der Waals surface area contributed by atoms with Gasteiger partial charge in [-0.3, -0.25) is 9.59 Å². The second-order valence-electron chi connectivity index (χ2n) is 6.63. The standard InChI is InChI=1S/C20H23BrN2O3/c1-11-6-13(3)18(14(4)7-11)22-17(24)10-23(5)20(26)15-8-12(2)9-16(21)19(15)25/h6-9,25H,10H2,1-5H3,(H,22,24). The molecule has 0 saturated heterocycles. The topological polar surface area (TPSA) is 69.6 Å². The number of amides is 2. The summed E-state index contributed by atoms with van der Waals surface area (Å²) in [6, 6.07) is 7.33. The lowest BCUT2D eigenvalue weighted by molar-refractivity contribution is -0.116. The molecule has 0 atom stereocenters. The van der Waals surface area contributed by atoms with Crippen LogP contribution in [0, 0.1) is 27.7 Å². The van der Waals surface area contributed by atoms with E-state index in [2.05, 4.69) is 21.2 Å². The fourth-order valence-corrected chi connectivity index (χ4v) is 3.52. The number of carbonyl (C=O) groups excluding carboxylic acids is 2. The number of hydrogen-bond acceptors (Lipinski definition) is 3. The van der Waals surface area contributed by atoms with Crippen LogP contribution in [0.15, 0.2) is 28.7 Å². The minimum atomic E-state index is -0.417. The summed E-state index contributed by atoms with van der Waals surface area (Å²) in [7, 11) is 1.53. The van der Waals surface area contributed by atoms with E-state index in [4.69, 9.17) is 0 Å². The highest BCUT2D eigenvalue weighted by atomic mass is 79.9. The predicted octanol–water partition coefficient (Wildman–Crippen LogP) is 4.10. The number of carbonyl (C=O) groups is 2. The summed E-state index contributed by atoms with van der Waals surface area (Å²) in [6.07, 6.45) is 0. The summed E-state index contributed by atoms with van der Waals surface area (Å²) in [6.45, 7) is 7.59. The van der Waals surface area contributed by atoms with E-state index in [0.717, 1.165) is 27.9 Å². The van der Waals surface area contributed by atoms with Crippen molar-refractivity contribution in [3.05, 3.63) is 56.6 Å². The second kappa shape index (κ2) is 7.91. The van der Waals surface area contributed by atoms with E-state index in [0.29, 0.717) is 4.47 Å². The van der Waals surface area contributed by atoms with Crippen LogP contribution in [0.5, 0.6) is 5.75 Å². The third-order valence-electron chi connectivity index (χ3n) is 4.11. The van der Waals surface area contributed by atoms with Crippen molar-refractivity contribution < 1.29 is 14.7 Å². The molecule has 2 aromatic rings. The number of phenols is 1. The molecular weight excluding hydrogens is 396 g/mol. The summed E-state index contributed by atoms with van der Waals surface area (Å²) in [5.74, 6) is -0.834. The second-order valence-corrected chi connectivity index (χ2v) is 7.48. The zero-order chi connectivity index (χ0) is 19.6. The highest BCUT2D eigenvalue weighted by Gasteiger charge is 2.20. The van der Waals surface area contributed by atoms with Crippen molar-refractivity contribution >= 4 is 33.4 Å². The van der Waals surface area contributed by atoms with Gasteiger partial charge in [0.05, 0.1) is 16.6 Å². The fourth-order valence-electron chi connectivity index (χ4n) is 2.95. The van der Waals surface area contributed by atoms with Gasteiger partial charge >= 0.3 is 0 Å². The first kappa shape index (κ1) is 20.0. The highest BCUT2D eigenvalue weighted by molar-refractivity contribution is 9.10. The minimum absolute atomic E-state index is 0.114. The molecule has 2 amide bonds. The Kier molecular flexibility index (Phi) is 6.08. The SMILES string of the molecule is Cc1cc(C)c(NC(=O)CN(C)C(=O)c2cc(C)cc(Br)c2O)c(C)c1. The lowest BCUT2D eigenvalue weighted by Crippen LogP contribution is -2.35. The molecule has 0 heterocycles. The maximum Gasteiger partial charge on any atom is 0.257 e. The lowest BCUT2D eigenvalue weighted by Gasteiger charge is -2.19. The molecule has 0 unspecified atom stereocenters. The van der Waals surface area contributed by atoms with Crippen molar-refractivity contribution in [1.29, 1.82) is 0 Å². The number of nitrogens with zero attached hydrogens (tertiary/aromatic N) is 1. The Balaban J connectivity index is 2.14. The molecule has 2 N–H and O–H groups in total. The number of phenolic OH excluding ortho intramolecular Hbond substituents is 1. The van der Waals surface area contributed by atoms with Gasteiger partial charge < -0.3 is 15.3 Å². The van der Waals surface area contributed by atoms with E-state index in [-0.39, 0.29) is 23.8 Å². The number of hydrogen-bond donors (Lipinski definition) is 2. The summed E-state index contributed by atoms with van der Waals surface area (Å²) < 4.78 is 0.449. The Bertz CT molecular complexity index is 855. The van der Waals surface area contributed by atoms with Crippen LogP contribution in [-0.2, 0) is 4.79 Å². The number of aryl methyl sites for hydroxylation is 4. The summed E-state index contributed by atoms with van der Waals surface area (Å²) in [5.41, 5.74) is 4.85. The number of likely N-dealkylation sites (N-methyl/N-ethyl adjacent to an activating group) is 1. The Labute approximate surface area is 162 Å². The van der Waals surface area contributed by atoms with Gasteiger partial charge in [0.2, 0.25) is 5.91 Å². The highest BCUT2D eigenvalue weighted by Crippen LogP contribution is 2.30. The minimum Gasteiger partial charge on any atom is -0.506 e. The zero-order valence-corrected chi connectivity index (χ0v) is 17.2. The lowest BCUT2D eigenvalue weighted by atomic mass is 10.1. The summed E-state index contributed by atoms with van der Waals surface area (Å²) in [4.78, 5) is 26.3. The maximum absolute atomic E-state index is 12.6. The Morgan fingerprint density at radius 1 is 1.04 bits per heavy atom. The molecule has 0 aliphatic heterocycles. The normalized spacial score (nSPS) is 10.5. The van der Waals surface area contributed by atoms with Crippen LogP contribution >= 0.6 is 15.9 Å². The van der Waals surface area contributed by atoms with Gasteiger partial charge in [-0.05, 0) is 72.4 Å². The van der Waals surface area contributed by atoms with Crippen LogP contribution in [0.1, 0.15) is 32.6 Å². The van der Waals surface area contributed by atoms with Crippen molar-refractivity contribution in [3.8, 4) is 5.75 Å². The smallest absolute Gasteiger partial charge is 0.257 e. The largest absolute Gasteiger partial charge is 0.506 e. The number of anilines is 1. The summed E-state index contributed by atoms with van der Waals surface area (Å²) >= 11 is 3.23. The molecule has 6 heteroatoms. The van der Waals surface area contributed by atoms with Gasteiger partial charge in [0.25, 0.3) is 5.91 Å². The first-order valence-electron chi connectivity index (χ1n) is 8.22. The van der Waals surface area contributed by atoms with E-state index in [9.17, 15) is 14.7 Å². The molecule has 138 valence electrons. The van der Waals surface area contributed by atoms with Crippen LogP contribution in [-0.4, -0.2) is 35.4 Å². The van der Waals surface area contributed by atoms with Gasteiger partial charge in [-0.1, -0.05) is 17.7 Å². The van der Waals surface area contributed by atoms with Gasteiger partial charge in [-0.15, -0.1) is 0 Å². The Morgan fingerprint density at radius 2 is 1.58 bits per heavy atom. The molecule has 0 bridgehead atoms. The molecule has 2 rings (SSSR count). The molecule has 0 fully saturated rings. The van der Waals surface area contributed by atoms with E-state index in [1.54, 1.807) is 12.1 Å². The van der Waals surface area contributed by atoms with Crippen LogP contribution in [0.4, 0.5) is 5.69 Å². The van der Waals surface area contributed by atoms with Crippen molar-refractivity contribution in [2.75, 3.05) is 18.9 Å². The number of nitrogens with one attached hydrogen (secondary N) is 1. The van der Waals surface area contributed by atoms with Gasteiger partial charge in [0.1, 0.15) is 5.75 Å². The van der Waals surface area contributed by atoms with Gasteiger partial charge in [0.15, 0.2) is 0 Å². The predicted molar refractivity (Wildman–Crippen MR) is 107 cm³/mol. The first-order chi connectivity index (χ1) is 12.1. The molecule has 5 nitrogen and oxygen atoms in total. The van der Waals surface area contributed by atoms with E-state index in [1.807, 2.05) is 39.8 Å². The third-order valence-corrected chi connectivity index (χ3v) is 4.71. The molecule has 0 spiro atoms. The monoisotopic (exact) mass is 418 g/mol. The van der Waals surface area contributed by atoms with Crippen LogP contribution in [0.3, 0.4) is 0 Å². The molecule has 0 saturated carbocycles. The molecule has 0 radical (unpaired) electrons. The Morgan fingerprint density at radius 3 is 2.15 bits per heavy atom. The summed E-state index contributed by atoms with van der Waals surface area (Å²) in [5, 5.41) is 13.0. The zero-order valence-electron chi connectivity index (χ0n) is 15.6. The third kappa shape index (κ3) is 4.43. The molecule has 26 heavy (non-hydrogen) atoms. The quantitative estimate of drug-likeness (QED) is 0.784. The molecule has 0 aliphatic carbocycles. The fraction of sp³-hybridized carbons (Fsp3) is 0.300. The number of aromatic hydroxyl groups is 1. The number of rotatable bonds is 4. The van der Waals surface area contributed by atoms with Gasteiger partial charge in [-0.2, -0.15) is 0 Å². The van der Waals surface area contributed by atoms with Crippen molar-refractivity contribution in [3.63, 3.8) is 0 Å². The maximum atomic E-state index is 12.6. The van der Waals surface area contributed by atoms with E-state index >= 15 is 0 Å². The van der Waals surface area contributed by atoms with Crippen LogP contribution in [0.2, 0.25) is 0 Å². The Hall–Kier alpha value is -2.34.